The van der Waals surface area contributed by atoms with Crippen molar-refractivity contribution in [2.45, 2.75) is 45.7 Å². The van der Waals surface area contributed by atoms with Gasteiger partial charge in [-0.05, 0) is 50.0 Å². The second kappa shape index (κ2) is 8.15. The summed E-state index contributed by atoms with van der Waals surface area (Å²) in [5.74, 6) is -0.0253. The number of benzene rings is 1. The summed E-state index contributed by atoms with van der Waals surface area (Å²) in [6, 6.07) is 8.82. The Morgan fingerprint density at radius 2 is 2.14 bits per heavy atom. The number of hydrogen-bond donors (Lipinski definition) is 2. The fourth-order valence-electron chi connectivity index (χ4n) is 2.93. The Bertz CT molecular complexity index is 438. The summed E-state index contributed by atoms with van der Waals surface area (Å²) in [5, 5.41) is 6.38. The van der Waals surface area contributed by atoms with Crippen molar-refractivity contribution in [3.05, 3.63) is 29.8 Å². The second-order valence-electron chi connectivity index (χ2n) is 5.91. The predicted octanol–water partition coefficient (Wildman–Crippen LogP) is 2.61. The molecule has 21 heavy (non-hydrogen) atoms. The molecule has 4 heteroatoms. The van der Waals surface area contributed by atoms with Crippen molar-refractivity contribution in [3.63, 3.8) is 0 Å². The molecule has 1 aromatic carbocycles. The Labute approximate surface area is 127 Å². The van der Waals surface area contributed by atoms with Crippen LogP contribution >= 0.6 is 0 Å². The molecule has 1 heterocycles. The largest absolute Gasteiger partial charge is 0.326 e. The minimum atomic E-state index is -0.0253. The molecule has 0 aromatic heterocycles. The van der Waals surface area contributed by atoms with Crippen LogP contribution in [0.4, 0.5) is 5.69 Å². The zero-order valence-electron chi connectivity index (χ0n) is 13.2. The molecular formula is C17H27N3O. The first kappa shape index (κ1) is 16.0. The highest BCUT2D eigenvalue weighted by atomic mass is 16.1. The molecule has 1 atom stereocenters. The smallest absolute Gasteiger partial charge is 0.221 e. The van der Waals surface area contributed by atoms with Crippen molar-refractivity contribution in [1.29, 1.82) is 0 Å². The highest BCUT2D eigenvalue weighted by Gasteiger charge is 2.17. The van der Waals surface area contributed by atoms with Crippen molar-refractivity contribution in [2.75, 3.05) is 25.0 Å². The van der Waals surface area contributed by atoms with Crippen LogP contribution in [0.15, 0.2) is 24.3 Å². The van der Waals surface area contributed by atoms with Gasteiger partial charge in [0.15, 0.2) is 0 Å². The molecule has 116 valence electrons. The maximum Gasteiger partial charge on any atom is 0.221 e. The van der Waals surface area contributed by atoms with Gasteiger partial charge in [0.1, 0.15) is 0 Å². The SMILES string of the molecule is CCCN(Cc1ccc(NC(C)=O)cc1)CC1CCCN1. The van der Waals surface area contributed by atoms with Crippen LogP contribution < -0.4 is 10.6 Å². The molecule has 0 saturated carbocycles. The number of anilines is 1. The van der Waals surface area contributed by atoms with Crippen LogP contribution in [0.3, 0.4) is 0 Å². The Kier molecular flexibility index (Phi) is 6.21. The van der Waals surface area contributed by atoms with Crippen LogP contribution in [-0.4, -0.2) is 36.5 Å². The van der Waals surface area contributed by atoms with Gasteiger partial charge in [-0.1, -0.05) is 19.1 Å². The minimum Gasteiger partial charge on any atom is -0.326 e. The molecule has 1 fully saturated rings. The molecule has 1 saturated heterocycles. The molecule has 2 N–H and O–H groups in total. The third-order valence-electron chi connectivity index (χ3n) is 3.86. The van der Waals surface area contributed by atoms with Gasteiger partial charge in [-0.2, -0.15) is 0 Å². The number of carbonyl (C=O) groups is 1. The summed E-state index contributed by atoms with van der Waals surface area (Å²) < 4.78 is 0. The van der Waals surface area contributed by atoms with E-state index in [1.165, 1.54) is 31.7 Å². The maximum absolute atomic E-state index is 11.0. The maximum atomic E-state index is 11.0. The molecule has 2 rings (SSSR count). The summed E-state index contributed by atoms with van der Waals surface area (Å²) in [4.78, 5) is 13.6. The number of carbonyl (C=O) groups excluding carboxylic acids is 1. The van der Waals surface area contributed by atoms with Gasteiger partial charge in [-0.15, -0.1) is 0 Å². The molecule has 4 nitrogen and oxygen atoms in total. The topological polar surface area (TPSA) is 44.4 Å². The van der Waals surface area contributed by atoms with Crippen LogP contribution in [0.5, 0.6) is 0 Å². The van der Waals surface area contributed by atoms with Crippen LogP contribution in [0, 0.1) is 0 Å². The second-order valence-corrected chi connectivity index (χ2v) is 5.91. The van der Waals surface area contributed by atoms with E-state index in [2.05, 4.69) is 34.6 Å². The van der Waals surface area contributed by atoms with Gasteiger partial charge in [-0.3, -0.25) is 9.69 Å². The van der Waals surface area contributed by atoms with Gasteiger partial charge >= 0.3 is 0 Å². The molecule has 0 spiro atoms. The number of hydrogen-bond acceptors (Lipinski definition) is 3. The molecule has 1 aliphatic rings. The molecule has 1 unspecified atom stereocenters. The fourth-order valence-corrected chi connectivity index (χ4v) is 2.93. The Morgan fingerprint density at radius 1 is 1.38 bits per heavy atom. The number of nitrogens with zero attached hydrogens (tertiary/aromatic N) is 1. The average molecular weight is 289 g/mol. The molecule has 1 amide bonds. The Hall–Kier alpha value is -1.39. The van der Waals surface area contributed by atoms with Gasteiger partial charge in [0, 0.05) is 31.7 Å². The van der Waals surface area contributed by atoms with Gasteiger partial charge in [0.2, 0.25) is 5.91 Å². The van der Waals surface area contributed by atoms with Crippen molar-refractivity contribution < 1.29 is 4.79 Å². The van der Waals surface area contributed by atoms with E-state index in [-0.39, 0.29) is 5.91 Å². The van der Waals surface area contributed by atoms with E-state index in [1.807, 2.05) is 12.1 Å². The van der Waals surface area contributed by atoms with Crippen molar-refractivity contribution in [2.24, 2.45) is 0 Å². The number of amides is 1. The zero-order chi connectivity index (χ0) is 15.1. The lowest BCUT2D eigenvalue weighted by Crippen LogP contribution is -2.37. The minimum absolute atomic E-state index is 0.0253. The summed E-state index contributed by atoms with van der Waals surface area (Å²) in [6.45, 7) is 8.16. The Balaban J connectivity index is 1.90. The fraction of sp³-hybridized carbons (Fsp3) is 0.588. The lowest BCUT2D eigenvalue weighted by molar-refractivity contribution is -0.114. The predicted molar refractivity (Wildman–Crippen MR) is 87.3 cm³/mol. The van der Waals surface area contributed by atoms with Crippen molar-refractivity contribution in [1.82, 2.24) is 10.2 Å². The summed E-state index contributed by atoms with van der Waals surface area (Å²) in [7, 11) is 0. The number of nitrogens with one attached hydrogen (secondary N) is 2. The van der Waals surface area contributed by atoms with Crippen LogP contribution in [0.2, 0.25) is 0 Å². The first-order chi connectivity index (χ1) is 10.2. The molecular weight excluding hydrogens is 262 g/mol. The van der Waals surface area contributed by atoms with Crippen molar-refractivity contribution in [3.8, 4) is 0 Å². The van der Waals surface area contributed by atoms with Crippen molar-refractivity contribution >= 4 is 11.6 Å². The standard InChI is InChI=1S/C17H27N3O/c1-3-11-20(13-17-5-4-10-18-17)12-15-6-8-16(9-7-15)19-14(2)21/h6-9,17-18H,3-5,10-13H2,1-2H3,(H,19,21). The first-order valence-electron chi connectivity index (χ1n) is 7.99. The normalized spacial score (nSPS) is 18.1. The van der Waals surface area contributed by atoms with E-state index < -0.39 is 0 Å². The molecule has 1 aliphatic heterocycles. The highest BCUT2D eigenvalue weighted by Crippen LogP contribution is 2.14. The van der Waals surface area contributed by atoms with Crippen LogP contribution in [-0.2, 0) is 11.3 Å². The van der Waals surface area contributed by atoms with E-state index in [9.17, 15) is 4.79 Å². The summed E-state index contributed by atoms with van der Waals surface area (Å²) in [5.41, 5.74) is 2.17. The van der Waals surface area contributed by atoms with E-state index in [0.29, 0.717) is 6.04 Å². The van der Waals surface area contributed by atoms with Crippen LogP contribution in [0.1, 0.15) is 38.7 Å². The lowest BCUT2D eigenvalue weighted by Gasteiger charge is -2.25. The third-order valence-corrected chi connectivity index (χ3v) is 3.86. The molecule has 0 radical (unpaired) electrons. The van der Waals surface area contributed by atoms with Gasteiger partial charge < -0.3 is 10.6 Å². The molecule has 1 aromatic rings. The average Bonchev–Trinajstić information content (AvgIpc) is 2.93. The van der Waals surface area contributed by atoms with E-state index in [1.54, 1.807) is 0 Å². The zero-order valence-corrected chi connectivity index (χ0v) is 13.2. The highest BCUT2D eigenvalue weighted by molar-refractivity contribution is 5.88. The lowest BCUT2D eigenvalue weighted by atomic mass is 10.1. The first-order valence-corrected chi connectivity index (χ1v) is 7.99. The number of rotatable bonds is 7. The quantitative estimate of drug-likeness (QED) is 0.811. The van der Waals surface area contributed by atoms with E-state index in [4.69, 9.17) is 0 Å². The summed E-state index contributed by atoms with van der Waals surface area (Å²) >= 11 is 0. The monoisotopic (exact) mass is 289 g/mol. The van der Waals surface area contributed by atoms with Gasteiger partial charge in [0.25, 0.3) is 0 Å². The molecule has 0 bridgehead atoms. The van der Waals surface area contributed by atoms with Gasteiger partial charge in [-0.25, -0.2) is 0 Å². The van der Waals surface area contributed by atoms with E-state index >= 15 is 0 Å². The Morgan fingerprint density at radius 3 is 2.71 bits per heavy atom. The van der Waals surface area contributed by atoms with E-state index in [0.717, 1.165) is 31.9 Å². The van der Waals surface area contributed by atoms with Crippen LogP contribution in [0.25, 0.3) is 0 Å². The van der Waals surface area contributed by atoms with Gasteiger partial charge in [0.05, 0.1) is 0 Å². The third kappa shape index (κ3) is 5.48. The summed E-state index contributed by atoms with van der Waals surface area (Å²) in [6.07, 6.45) is 3.77. The molecule has 0 aliphatic carbocycles.